The second-order valence-corrected chi connectivity index (χ2v) is 6.76. The Hall–Kier alpha value is -2.47. The van der Waals surface area contributed by atoms with Crippen molar-refractivity contribution in [2.45, 2.75) is 26.4 Å². The first-order valence-electron chi connectivity index (χ1n) is 8.25. The molecule has 0 saturated carbocycles. The Morgan fingerprint density at radius 2 is 2.04 bits per heavy atom. The number of ether oxygens (including phenoxy) is 1. The Morgan fingerprint density at radius 1 is 1.31 bits per heavy atom. The fraction of sp³-hybridized carbons (Fsp3) is 0.368. The molecular weight excluding hydrogens is 356 g/mol. The van der Waals surface area contributed by atoms with E-state index in [0.717, 1.165) is 5.56 Å². The van der Waals surface area contributed by atoms with Gasteiger partial charge >= 0.3 is 0 Å². The zero-order valence-electron chi connectivity index (χ0n) is 15.3. The molecular formula is C19H23ClN2O4. The average Bonchev–Trinajstić information content (AvgIpc) is 3.13. The lowest BCUT2D eigenvalue weighted by Gasteiger charge is -2.27. The third-order valence-electron chi connectivity index (χ3n) is 3.99. The van der Waals surface area contributed by atoms with Gasteiger partial charge in [0.1, 0.15) is 11.8 Å². The highest BCUT2D eigenvalue weighted by atomic mass is 35.5. The van der Waals surface area contributed by atoms with Crippen LogP contribution in [0.3, 0.4) is 0 Å². The molecule has 0 bridgehead atoms. The van der Waals surface area contributed by atoms with E-state index in [2.05, 4.69) is 5.32 Å². The molecule has 2 amide bonds. The topological polar surface area (TPSA) is 71.8 Å². The molecule has 0 radical (unpaired) electrons. The number of nitrogens with one attached hydrogen (secondary N) is 1. The molecule has 6 nitrogen and oxygen atoms in total. The van der Waals surface area contributed by atoms with E-state index in [0.29, 0.717) is 17.3 Å². The van der Waals surface area contributed by atoms with Crippen LogP contribution >= 0.6 is 11.6 Å². The number of carbonyl (C=O) groups excluding carboxylic acids is 2. The summed E-state index contributed by atoms with van der Waals surface area (Å²) in [5, 5.41) is 3.31. The van der Waals surface area contributed by atoms with Crippen LogP contribution in [0.5, 0.6) is 5.75 Å². The van der Waals surface area contributed by atoms with Crippen LogP contribution in [0.1, 0.15) is 30.0 Å². The smallest absolute Gasteiger partial charge is 0.287 e. The number of nitrogens with zero attached hydrogens (tertiary/aromatic N) is 1. The first-order chi connectivity index (χ1) is 12.3. The van der Waals surface area contributed by atoms with Crippen molar-refractivity contribution in [2.24, 2.45) is 5.92 Å². The highest BCUT2D eigenvalue weighted by Gasteiger charge is 2.28. The lowest BCUT2D eigenvalue weighted by atomic mass is 10.0. The van der Waals surface area contributed by atoms with Crippen molar-refractivity contribution in [2.75, 3.05) is 14.2 Å². The van der Waals surface area contributed by atoms with Crippen LogP contribution in [-0.2, 0) is 11.3 Å². The zero-order chi connectivity index (χ0) is 19.3. The van der Waals surface area contributed by atoms with Crippen LogP contribution in [0.4, 0.5) is 0 Å². The fourth-order valence-corrected chi connectivity index (χ4v) is 2.77. The van der Waals surface area contributed by atoms with Crippen LogP contribution in [0.25, 0.3) is 0 Å². The minimum absolute atomic E-state index is 0.0925. The van der Waals surface area contributed by atoms with Crippen molar-refractivity contribution in [1.82, 2.24) is 10.2 Å². The Labute approximate surface area is 158 Å². The van der Waals surface area contributed by atoms with Gasteiger partial charge in [-0.05, 0) is 36.2 Å². The molecule has 1 aromatic heterocycles. The highest BCUT2D eigenvalue weighted by molar-refractivity contribution is 6.30. The molecule has 1 atom stereocenters. The van der Waals surface area contributed by atoms with Crippen LogP contribution in [-0.4, -0.2) is 36.9 Å². The molecule has 0 spiro atoms. The SMILES string of the molecule is COc1ccc(Cl)cc1CN(C)C(=O)C(NC(=O)c1ccco1)C(C)C. The summed E-state index contributed by atoms with van der Waals surface area (Å²) in [5.41, 5.74) is 0.788. The van der Waals surface area contributed by atoms with E-state index >= 15 is 0 Å². The van der Waals surface area contributed by atoms with Crippen molar-refractivity contribution in [3.05, 3.63) is 52.9 Å². The summed E-state index contributed by atoms with van der Waals surface area (Å²) in [5.74, 6) is 0.0974. The zero-order valence-corrected chi connectivity index (χ0v) is 16.0. The van der Waals surface area contributed by atoms with Crippen LogP contribution in [0.15, 0.2) is 41.0 Å². The summed E-state index contributed by atoms with van der Waals surface area (Å²) in [6.45, 7) is 4.06. The molecule has 1 aromatic carbocycles. The van der Waals surface area contributed by atoms with Gasteiger partial charge in [-0.1, -0.05) is 25.4 Å². The predicted molar refractivity (Wildman–Crippen MR) is 99.3 cm³/mol. The van der Waals surface area contributed by atoms with Crippen molar-refractivity contribution in [3.63, 3.8) is 0 Å². The molecule has 0 aliphatic carbocycles. The largest absolute Gasteiger partial charge is 0.496 e. The monoisotopic (exact) mass is 378 g/mol. The van der Waals surface area contributed by atoms with Gasteiger partial charge in [0.25, 0.3) is 5.91 Å². The molecule has 1 N–H and O–H groups in total. The summed E-state index contributed by atoms with van der Waals surface area (Å²) >= 11 is 6.05. The van der Waals surface area contributed by atoms with E-state index in [9.17, 15) is 9.59 Å². The number of furan rings is 1. The first-order valence-corrected chi connectivity index (χ1v) is 8.63. The second-order valence-electron chi connectivity index (χ2n) is 6.32. The van der Waals surface area contributed by atoms with Crippen LogP contribution in [0, 0.1) is 5.92 Å². The van der Waals surface area contributed by atoms with Crippen molar-refractivity contribution >= 4 is 23.4 Å². The van der Waals surface area contributed by atoms with Crippen molar-refractivity contribution < 1.29 is 18.7 Å². The number of hydrogen-bond acceptors (Lipinski definition) is 4. The van der Waals surface area contributed by atoms with Gasteiger partial charge in [0.05, 0.1) is 13.4 Å². The Morgan fingerprint density at radius 3 is 2.62 bits per heavy atom. The molecule has 0 saturated heterocycles. The molecule has 26 heavy (non-hydrogen) atoms. The molecule has 2 rings (SSSR count). The van der Waals surface area contributed by atoms with E-state index in [1.54, 1.807) is 49.4 Å². The third-order valence-corrected chi connectivity index (χ3v) is 4.23. The average molecular weight is 379 g/mol. The van der Waals surface area contributed by atoms with Gasteiger partial charge in [-0.25, -0.2) is 0 Å². The van der Waals surface area contributed by atoms with Crippen LogP contribution in [0.2, 0.25) is 5.02 Å². The minimum Gasteiger partial charge on any atom is -0.496 e. The molecule has 140 valence electrons. The second kappa shape index (κ2) is 8.76. The lowest BCUT2D eigenvalue weighted by molar-refractivity contribution is -0.133. The van der Waals surface area contributed by atoms with E-state index in [-0.39, 0.29) is 17.6 Å². The van der Waals surface area contributed by atoms with Gasteiger partial charge in [-0.2, -0.15) is 0 Å². The first kappa shape index (κ1) is 19.8. The standard InChI is InChI=1S/C19H23ClN2O4/c1-12(2)17(21-18(23)16-6-5-9-26-16)19(24)22(3)11-13-10-14(20)7-8-15(13)25-4/h5-10,12,17H,11H2,1-4H3,(H,21,23). The van der Waals surface area contributed by atoms with Crippen molar-refractivity contribution in [3.8, 4) is 5.75 Å². The molecule has 2 aromatic rings. The predicted octanol–water partition coefficient (Wildman–Crippen LogP) is 3.35. The van der Waals surface area contributed by atoms with Gasteiger partial charge < -0.3 is 19.4 Å². The van der Waals surface area contributed by atoms with Gasteiger partial charge in [-0.15, -0.1) is 0 Å². The number of rotatable bonds is 7. The molecule has 0 fully saturated rings. The Kier molecular flexibility index (Phi) is 6.69. The number of likely N-dealkylation sites (N-methyl/N-ethyl adjacent to an activating group) is 1. The van der Waals surface area contributed by atoms with E-state index < -0.39 is 11.9 Å². The maximum atomic E-state index is 12.9. The summed E-state index contributed by atoms with van der Waals surface area (Å²) in [6, 6.07) is 7.75. The summed E-state index contributed by atoms with van der Waals surface area (Å²) in [4.78, 5) is 26.7. The van der Waals surface area contributed by atoms with Gasteiger partial charge in [-0.3, -0.25) is 9.59 Å². The van der Waals surface area contributed by atoms with E-state index in [1.807, 2.05) is 13.8 Å². The molecule has 1 heterocycles. The van der Waals surface area contributed by atoms with E-state index in [1.165, 1.54) is 6.26 Å². The molecule has 1 unspecified atom stereocenters. The van der Waals surface area contributed by atoms with Gasteiger partial charge in [0.15, 0.2) is 5.76 Å². The number of halogens is 1. The van der Waals surface area contributed by atoms with Crippen molar-refractivity contribution in [1.29, 1.82) is 0 Å². The van der Waals surface area contributed by atoms with Gasteiger partial charge in [0.2, 0.25) is 5.91 Å². The number of methoxy groups -OCH3 is 1. The molecule has 0 aliphatic heterocycles. The highest BCUT2D eigenvalue weighted by Crippen LogP contribution is 2.24. The van der Waals surface area contributed by atoms with Gasteiger partial charge in [0, 0.05) is 24.2 Å². The number of hydrogen-bond donors (Lipinski definition) is 1. The quantitative estimate of drug-likeness (QED) is 0.801. The molecule has 7 heteroatoms. The fourth-order valence-electron chi connectivity index (χ4n) is 2.58. The maximum absolute atomic E-state index is 12.9. The maximum Gasteiger partial charge on any atom is 0.287 e. The summed E-state index contributed by atoms with van der Waals surface area (Å²) in [6.07, 6.45) is 1.42. The number of benzene rings is 1. The minimum atomic E-state index is -0.678. The van der Waals surface area contributed by atoms with E-state index in [4.69, 9.17) is 20.8 Å². The Balaban J connectivity index is 2.13. The molecule has 0 aliphatic rings. The number of amides is 2. The normalized spacial score (nSPS) is 11.9. The number of carbonyl (C=O) groups is 2. The summed E-state index contributed by atoms with van der Waals surface area (Å²) < 4.78 is 10.4. The van der Waals surface area contributed by atoms with Crippen LogP contribution < -0.4 is 10.1 Å². The Bertz CT molecular complexity index is 759. The third kappa shape index (κ3) is 4.79. The summed E-state index contributed by atoms with van der Waals surface area (Å²) in [7, 11) is 3.24. The lowest BCUT2D eigenvalue weighted by Crippen LogP contribution is -2.50.